The van der Waals surface area contributed by atoms with Gasteiger partial charge in [-0.05, 0) is 44.1 Å². The fraction of sp³-hybridized carbons (Fsp3) is 0.562. The van der Waals surface area contributed by atoms with Crippen molar-refractivity contribution in [2.75, 3.05) is 19.7 Å². The van der Waals surface area contributed by atoms with Gasteiger partial charge in [0.2, 0.25) is 0 Å². The summed E-state index contributed by atoms with van der Waals surface area (Å²) in [4.78, 5) is 13.4. The minimum Gasteiger partial charge on any atom is -0.450 e. The molecule has 0 saturated carbocycles. The van der Waals surface area contributed by atoms with Crippen molar-refractivity contribution in [2.45, 2.75) is 32.6 Å². The number of rotatable bonds is 4. The summed E-state index contributed by atoms with van der Waals surface area (Å²) in [5, 5.41) is 0. The Morgan fingerprint density at radius 1 is 1.26 bits per heavy atom. The second-order valence-corrected chi connectivity index (χ2v) is 5.15. The van der Waals surface area contributed by atoms with E-state index in [9.17, 15) is 4.79 Å². The first-order chi connectivity index (χ1) is 9.29. The number of ether oxygens (including phenoxy) is 1. The summed E-state index contributed by atoms with van der Waals surface area (Å²) < 4.78 is 5.03. The van der Waals surface area contributed by atoms with Crippen molar-refractivity contribution in [1.82, 2.24) is 4.90 Å². The fourth-order valence-corrected chi connectivity index (χ4v) is 2.63. The van der Waals surface area contributed by atoms with Crippen LogP contribution in [-0.4, -0.2) is 30.7 Å². The maximum atomic E-state index is 11.6. The first-order valence-corrected chi connectivity index (χ1v) is 7.25. The number of aryl methyl sites for hydroxylation is 1. The van der Waals surface area contributed by atoms with Gasteiger partial charge in [-0.3, -0.25) is 0 Å². The predicted octanol–water partition coefficient (Wildman–Crippen LogP) is 3.49. The van der Waals surface area contributed by atoms with Gasteiger partial charge in [0.25, 0.3) is 0 Å². The van der Waals surface area contributed by atoms with E-state index < -0.39 is 0 Å². The molecule has 1 heterocycles. The van der Waals surface area contributed by atoms with E-state index in [1.165, 1.54) is 12.0 Å². The third kappa shape index (κ3) is 4.27. The highest BCUT2D eigenvalue weighted by molar-refractivity contribution is 5.67. The van der Waals surface area contributed by atoms with Crippen molar-refractivity contribution in [3.63, 3.8) is 0 Å². The molecule has 1 aromatic rings. The number of carbonyl (C=O) groups is 1. The highest BCUT2D eigenvalue weighted by Gasteiger charge is 2.23. The quantitative estimate of drug-likeness (QED) is 0.830. The van der Waals surface area contributed by atoms with Crippen LogP contribution in [0.5, 0.6) is 0 Å². The van der Waals surface area contributed by atoms with Crippen LogP contribution >= 0.6 is 0 Å². The fourth-order valence-electron chi connectivity index (χ4n) is 2.63. The number of hydrogen-bond acceptors (Lipinski definition) is 2. The van der Waals surface area contributed by atoms with Gasteiger partial charge in [0, 0.05) is 13.1 Å². The van der Waals surface area contributed by atoms with Crippen LogP contribution < -0.4 is 0 Å². The second kappa shape index (κ2) is 7.17. The van der Waals surface area contributed by atoms with E-state index in [0.29, 0.717) is 6.61 Å². The minimum absolute atomic E-state index is 0.149. The van der Waals surface area contributed by atoms with Crippen molar-refractivity contribution >= 4 is 6.09 Å². The SMILES string of the molecule is CCOC(=O)N1CCC(CCc2ccccc2)CC1. The molecule has 0 aromatic heterocycles. The normalized spacial score (nSPS) is 16.4. The Morgan fingerprint density at radius 2 is 1.95 bits per heavy atom. The van der Waals surface area contributed by atoms with Gasteiger partial charge >= 0.3 is 6.09 Å². The molecule has 0 aliphatic carbocycles. The number of piperidine rings is 1. The van der Waals surface area contributed by atoms with Gasteiger partial charge < -0.3 is 9.64 Å². The molecule has 1 aliphatic rings. The van der Waals surface area contributed by atoms with E-state index in [0.717, 1.165) is 38.3 Å². The van der Waals surface area contributed by atoms with Crippen LogP contribution in [0.25, 0.3) is 0 Å². The highest BCUT2D eigenvalue weighted by Crippen LogP contribution is 2.22. The lowest BCUT2D eigenvalue weighted by Gasteiger charge is -2.31. The Balaban J connectivity index is 1.70. The first kappa shape index (κ1) is 13.9. The summed E-state index contributed by atoms with van der Waals surface area (Å²) in [5.41, 5.74) is 1.41. The van der Waals surface area contributed by atoms with E-state index in [-0.39, 0.29) is 6.09 Å². The van der Waals surface area contributed by atoms with Gasteiger partial charge in [-0.15, -0.1) is 0 Å². The van der Waals surface area contributed by atoms with Crippen LogP contribution in [0.2, 0.25) is 0 Å². The summed E-state index contributed by atoms with van der Waals surface area (Å²) in [7, 11) is 0. The largest absolute Gasteiger partial charge is 0.450 e. The van der Waals surface area contributed by atoms with Gasteiger partial charge in [-0.1, -0.05) is 30.3 Å². The van der Waals surface area contributed by atoms with E-state index in [1.54, 1.807) is 0 Å². The maximum Gasteiger partial charge on any atom is 0.409 e. The Kier molecular flexibility index (Phi) is 5.25. The molecule has 1 aromatic carbocycles. The Morgan fingerprint density at radius 3 is 2.58 bits per heavy atom. The number of likely N-dealkylation sites (tertiary alicyclic amines) is 1. The van der Waals surface area contributed by atoms with E-state index in [2.05, 4.69) is 30.3 Å². The molecular formula is C16H23NO2. The molecule has 104 valence electrons. The summed E-state index contributed by atoms with van der Waals surface area (Å²) in [6.45, 7) is 4.01. The van der Waals surface area contributed by atoms with Gasteiger partial charge in [0.1, 0.15) is 0 Å². The number of benzene rings is 1. The Bertz CT molecular complexity index is 383. The van der Waals surface area contributed by atoms with Crippen molar-refractivity contribution in [3.8, 4) is 0 Å². The summed E-state index contributed by atoms with van der Waals surface area (Å²) in [5.74, 6) is 0.742. The Labute approximate surface area is 115 Å². The van der Waals surface area contributed by atoms with Gasteiger partial charge in [0.05, 0.1) is 6.61 Å². The lowest BCUT2D eigenvalue weighted by Crippen LogP contribution is -2.38. The van der Waals surface area contributed by atoms with Crippen LogP contribution in [0.1, 0.15) is 31.7 Å². The third-order valence-electron chi connectivity index (χ3n) is 3.82. The van der Waals surface area contributed by atoms with Crippen LogP contribution in [0, 0.1) is 5.92 Å². The number of carbonyl (C=O) groups excluding carboxylic acids is 1. The van der Waals surface area contributed by atoms with Crippen molar-refractivity contribution in [2.24, 2.45) is 5.92 Å². The van der Waals surface area contributed by atoms with Crippen molar-refractivity contribution in [1.29, 1.82) is 0 Å². The van der Waals surface area contributed by atoms with E-state index >= 15 is 0 Å². The van der Waals surface area contributed by atoms with Gasteiger partial charge in [0.15, 0.2) is 0 Å². The average Bonchev–Trinajstić information content (AvgIpc) is 2.47. The molecule has 2 rings (SSSR count). The predicted molar refractivity (Wildman–Crippen MR) is 76.1 cm³/mol. The first-order valence-electron chi connectivity index (χ1n) is 7.25. The summed E-state index contributed by atoms with van der Waals surface area (Å²) in [6.07, 6.45) is 4.42. The molecular weight excluding hydrogens is 238 g/mol. The summed E-state index contributed by atoms with van der Waals surface area (Å²) >= 11 is 0. The average molecular weight is 261 g/mol. The number of nitrogens with zero attached hydrogens (tertiary/aromatic N) is 1. The van der Waals surface area contributed by atoms with Crippen LogP contribution in [0.3, 0.4) is 0 Å². The molecule has 0 atom stereocenters. The molecule has 3 heteroatoms. The molecule has 1 aliphatic heterocycles. The zero-order chi connectivity index (χ0) is 13.5. The van der Waals surface area contributed by atoms with Gasteiger partial charge in [-0.25, -0.2) is 4.79 Å². The molecule has 19 heavy (non-hydrogen) atoms. The molecule has 0 radical (unpaired) electrons. The molecule has 1 amide bonds. The van der Waals surface area contributed by atoms with Crippen LogP contribution in [-0.2, 0) is 11.2 Å². The molecule has 0 unspecified atom stereocenters. The smallest absolute Gasteiger partial charge is 0.409 e. The third-order valence-corrected chi connectivity index (χ3v) is 3.82. The van der Waals surface area contributed by atoms with E-state index in [4.69, 9.17) is 4.74 Å². The van der Waals surface area contributed by atoms with Crippen LogP contribution in [0.4, 0.5) is 4.79 Å². The molecule has 0 spiro atoms. The van der Waals surface area contributed by atoms with Crippen molar-refractivity contribution in [3.05, 3.63) is 35.9 Å². The molecule has 1 saturated heterocycles. The van der Waals surface area contributed by atoms with Gasteiger partial charge in [-0.2, -0.15) is 0 Å². The Hall–Kier alpha value is -1.51. The molecule has 0 N–H and O–H groups in total. The monoisotopic (exact) mass is 261 g/mol. The van der Waals surface area contributed by atoms with Crippen molar-refractivity contribution < 1.29 is 9.53 Å². The molecule has 1 fully saturated rings. The lowest BCUT2D eigenvalue weighted by atomic mass is 9.91. The zero-order valence-electron chi connectivity index (χ0n) is 11.7. The zero-order valence-corrected chi connectivity index (χ0v) is 11.7. The van der Waals surface area contributed by atoms with Crippen LogP contribution in [0.15, 0.2) is 30.3 Å². The number of hydrogen-bond donors (Lipinski definition) is 0. The lowest BCUT2D eigenvalue weighted by molar-refractivity contribution is 0.0910. The summed E-state index contributed by atoms with van der Waals surface area (Å²) in [6, 6.07) is 10.6. The highest BCUT2D eigenvalue weighted by atomic mass is 16.6. The molecule has 3 nitrogen and oxygen atoms in total. The minimum atomic E-state index is -0.149. The van der Waals surface area contributed by atoms with E-state index in [1.807, 2.05) is 11.8 Å². The number of amides is 1. The topological polar surface area (TPSA) is 29.5 Å². The molecule has 0 bridgehead atoms. The second-order valence-electron chi connectivity index (χ2n) is 5.15. The standard InChI is InChI=1S/C16H23NO2/c1-2-19-16(18)17-12-10-15(11-13-17)9-8-14-6-4-3-5-7-14/h3-7,15H,2,8-13H2,1H3. The maximum absolute atomic E-state index is 11.6.